The number of halogens is 1. The summed E-state index contributed by atoms with van der Waals surface area (Å²) in [7, 11) is 0. The molecule has 0 spiro atoms. The van der Waals surface area contributed by atoms with Gasteiger partial charge in [0, 0.05) is 10.3 Å². The van der Waals surface area contributed by atoms with Gasteiger partial charge in [0.25, 0.3) is 0 Å². The number of ether oxygens (including phenoxy) is 1. The summed E-state index contributed by atoms with van der Waals surface area (Å²) in [6.07, 6.45) is 0. The molecule has 0 radical (unpaired) electrons. The van der Waals surface area contributed by atoms with Gasteiger partial charge in [0.05, 0.1) is 18.6 Å². The van der Waals surface area contributed by atoms with Gasteiger partial charge in [0.1, 0.15) is 10.9 Å². The van der Waals surface area contributed by atoms with Gasteiger partial charge in [-0.3, -0.25) is 4.79 Å². The van der Waals surface area contributed by atoms with E-state index in [0.717, 1.165) is 5.56 Å². The Balaban J connectivity index is 2.10. The summed E-state index contributed by atoms with van der Waals surface area (Å²) in [6.45, 7) is 1.93. The summed E-state index contributed by atoms with van der Waals surface area (Å²) >= 11 is 7.23. The number of esters is 1. The Kier molecular flexibility index (Phi) is 5.57. The van der Waals surface area contributed by atoms with Crippen LogP contribution in [-0.2, 0) is 15.1 Å². The van der Waals surface area contributed by atoms with Gasteiger partial charge < -0.3 is 9.84 Å². The third-order valence-corrected chi connectivity index (χ3v) is 6.45. The van der Waals surface area contributed by atoms with Gasteiger partial charge >= 0.3 is 5.97 Å². The maximum atomic E-state index is 12.6. The van der Waals surface area contributed by atoms with E-state index in [1.54, 1.807) is 43.3 Å². The highest BCUT2D eigenvalue weighted by Gasteiger charge is 2.60. The second-order valence-electron chi connectivity index (χ2n) is 6.04. The third-order valence-electron chi connectivity index (χ3n) is 4.53. The van der Waals surface area contributed by atoms with Gasteiger partial charge in [0.15, 0.2) is 0 Å². The second-order valence-corrected chi connectivity index (χ2v) is 7.73. The number of nitriles is 1. The number of thioether (sulfide) groups is 1. The monoisotopic (exact) mass is 387 g/mol. The summed E-state index contributed by atoms with van der Waals surface area (Å²) in [6, 6.07) is 18.2. The molecule has 4 nitrogen and oxygen atoms in total. The van der Waals surface area contributed by atoms with Gasteiger partial charge in [-0.25, -0.2) is 0 Å². The number of hydrogen-bond donors (Lipinski definition) is 1. The molecule has 0 aliphatic carbocycles. The zero-order valence-electron chi connectivity index (χ0n) is 14.1. The third kappa shape index (κ3) is 3.21. The Morgan fingerprint density at radius 3 is 2.50 bits per heavy atom. The van der Waals surface area contributed by atoms with Crippen LogP contribution in [-0.4, -0.2) is 22.9 Å². The fourth-order valence-corrected chi connectivity index (χ4v) is 5.13. The Hall–Kier alpha value is -2.00. The largest absolute Gasteiger partial charge is 0.465 e. The zero-order valence-corrected chi connectivity index (χ0v) is 15.7. The lowest BCUT2D eigenvalue weighted by molar-refractivity contribution is -0.148. The van der Waals surface area contributed by atoms with Crippen LogP contribution in [0, 0.1) is 17.2 Å². The number of rotatable bonds is 4. The molecule has 0 bridgehead atoms. The summed E-state index contributed by atoms with van der Waals surface area (Å²) in [5.41, 5.74) is -0.266. The van der Waals surface area contributed by atoms with Crippen LogP contribution in [0.25, 0.3) is 0 Å². The van der Waals surface area contributed by atoms with Crippen LogP contribution < -0.4 is 0 Å². The molecule has 26 heavy (non-hydrogen) atoms. The van der Waals surface area contributed by atoms with E-state index in [4.69, 9.17) is 16.3 Å². The van der Waals surface area contributed by atoms with Gasteiger partial charge in [-0.2, -0.15) is 5.26 Å². The number of nitrogens with zero attached hydrogens (tertiary/aromatic N) is 1. The van der Waals surface area contributed by atoms with E-state index in [1.165, 1.54) is 11.8 Å². The molecule has 1 aliphatic heterocycles. The van der Waals surface area contributed by atoms with E-state index in [2.05, 4.69) is 6.07 Å². The second kappa shape index (κ2) is 7.71. The molecule has 1 heterocycles. The maximum absolute atomic E-state index is 12.6. The van der Waals surface area contributed by atoms with Crippen molar-refractivity contribution < 1.29 is 14.6 Å². The first-order valence-electron chi connectivity index (χ1n) is 8.27. The topological polar surface area (TPSA) is 70.3 Å². The van der Waals surface area contributed by atoms with E-state index in [9.17, 15) is 15.2 Å². The number of benzene rings is 2. The number of aliphatic hydroxyl groups is 1. The molecule has 6 heteroatoms. The van der Waals surface area contributed by atoms with Gasteiger partial charge in [-0.1, -0.05) is 54.1 Å². The average molecular weight is 388 g/mol. The molecule has 0 amide bonds. The van der Waals surface area contributed by atoms with E-state index < -0.39 is 22.7 Å². The van der Waals surface area contributed by atoms with Crippen LogP contribution in [0.3, 0.4) is 0 Å². The zero-order chi connectivity index (χ0) is 18.7. The van der Waals surface area contributed by atoms with E-state index in [-0.39, 0.29) is 11.9 Å². The molecule has 1 N–H and O–H groups in total. The lowest BCUT2D eigenvalue weighted by Crippen LogP contribution is -2.44. The molecule has 4 atom stereocenters. The fraction of sp³-hybridized carbons (Fsp3) is 0.300. The highest BCUT2D eigenvalue weighted by Crippen LogP contribution is 2.58. The van der Waals surface area contributed by atoms with Crippen LogP contribution in [0.5, 0.6) is 0 Å². The van der Waals surface area contributed by atoms with Crippen molar-refractivity contribution in [3.05, 3.63) is 70.7 Å². The summed E-state index contributed by atoms with van der Waals surface area (Å²) in [4.78, 5) is 12.6. The van der Waals surface area contributed by atoms with Gasteiger partial charge in [0.2, 0.25) is 0 Å². The molecule has 2 aromatic carbocycles. The molecular weight excluding hydrogens is 370 g/mol. The molecule has 0 unspecified atom stereocenters. The summed E-state index contributed by atoms with van der Waals surface area (Å²) < 4.78 is 5.19. The van der Waals surface area contributed by atoms with Crippen molar-refractivity contribution in [1.29, 1.82) is 5.26 Å². The van der Waals surface area contributed by atoms with Crippen LogP contribution in [0.4, 0.5) is 0 Å². The molecule has 2 aromatic rings. The fourth-order valence-electron chi connectivity index (χ4n) is 3.30. The van der Waals surface area contributed by atoms with Gasteiger partial charge in [-0.05, 0) is 30.2 Å². The van der Waals surface area contributed by atoms with E-state index in [0.29, 0.717) is 10.6 Å². The van der Waals surface area contributed by atoms with Crippen molar-refractivity contribution in [1.82, 2.24) is 0 Å². The van der Waals surface area contributed by atoms with Crippen molar-refractivity contribution in [3.63, 3.8) is 0 Å². The standard InChI is InChI=1S/C20H18ClNO3S/c1-2-25-19(23)18-20(24,14-6-4-3-5-7-14)16(12-22)17(26-18)13-8-10-15(21)11-9-13/h3-11,16-18,24H,2H2,1H3/t16-,17+,18-,20-/m0/s1. The predicted octanol–water partition coefficient (Wildman–Crippen LogP) is 4.09. The number of hydrogen-bond acceptors (Lipinski definition) is 5. The van der Waals surface area contributed by atoms with Crippen molar-refractivity contribution in [2.45, 2.75) is 23.0 Å². The van der Waals surface area contributed by atoms with Crippen LogP contribution in [0.1, 0.15) is 23.3 Å². The first-order valence-corrected chi connectivity index (χ1v) is 9.59. The van der Waals surface area contributed by atoms with E-state index >= 15 is 0 Å². The van der Waals surface area contributed by atoms with Crippen LogP contribution >= 0.6 is 23.4 Å². The lowest BCUT2D eigenvalue weighted by atomic mass is 9.76. The quantitative estimate of drug-likeness (QED) is 0.800. The molecule has 134 valence electrons. The van der Waals surface area contributed by atoms with Crippen LogP contribution in [0.15, 0.2) is 54.6 Å². The Morgan fingerprint density at radius 2 is 1.92 bits per heavy atom. The van der Waals surface area contributed by atoms with Gasteiger partial charge in [-0.15, -0.1) is 11.8 Å². The number of carbonyl (C=O) groups is 1. The Bertz CT molecular complexity index is 821. The first kappa shape index (κ1) is 18.8. The minimum atomic E-state index is -1.64. The van der Waals surface area contributed by atoms with Crippen molar-refractivity contribution in [2.24, 2.45) is 5.92 Å². The predicted molar refractivity (Wildman–Crippen MR) is 102 cm³/mol. The molecule has 1 fully saturated rings. The first-order chi connectivity index (χ1) is 12.5. The SMILES string of the molecule is CCOC(=O)[C@@H]1S[C@H](c2ccc(Cl)cc2)[C@H](C#N)[C@@]1(O)c1ccccc1. The minimum absolute atomic E-state index is 0.212. The maximum Gasteiger partial charge on any atom is 0.322 e. The average Bonchev–Trinajstić information content (AvgIpc) is 2.97. The Morgan fingerprint density at radius 1 is 1.27 bits per heavy atom. The van der Waals surface area contributed by atoms with Crippen molar-refractivity contribution in [2.75, 3.05) is 6.61 Å². The van der Waals surface area contributed by atoms with E-state index in [1.807, 2.05) is 18.2 Å². The lowest BCUT2D eigenvalue weighted by Gasteiger charge is -2.31. The van der Waals surface area contributed by atoms with Crippen LogP contribution in [0.2, 0.25) is 5.02 Å². The van der Waals surface area contributed by atoms with Crippen molar-refractivity contribution in [3.8, 4) is 6.07 Å². The van der Waals surface area contributed by atoms with Crippen molar-refractivity contribution >= 4 is 29.3 Å². The molecular formula is C20H18ClNO3S. The normalized spacial score (nSPS) is 27.7. The smallest absolute Gasteiger partial charge is 0.322 e. The molecule has 1 saturated heterocycles. The molecule has 0 aromatic heterocycles. The molecule has 3 rings (SSSR count). The highest BCUT2D eigenvalue weighted by atomic mass is 35.5. The highest BCUT2D eigenvalue weighted by molar-refractivity contribution is 8.01. The summed E-state index contributed by atoms with van der Waals surface area (Å²) in [5.74, 6) is -1.33. The number of carbonyl (C=O) groups excluding carboxylic acids is 1. The minimum Gasteiger partial charge on any atom is -0.465 e. The molecule has 1 aliphatic rings. The summed E-state index contributed by atoms with van der Waals surface area (Å²) in [5, 5.41) is 20.8. The molecule has 0 saturated carbocycles. The Labute approximate surface area is 161 Å².